The van der Waals surface area contributed by atoms with Crippen LogP contribution in [0.4, 0.5) is 0 Å². The van der Waals surface area contributed by atoms with Crippen molar-refractivity contribution in [2.45, 2.75) is 46.6 Å². The van der Waals surface area contributed by atoms with Crippen molar-refractivity contribution in [2.75, 3.05) is 33.4 Å². The molecule has 2 N–H and O–H groups in total. The van der Waals surface area contributed by atoms with E-state index < -0.39 is 6.10 Å². The van der Waals surface area contributed by atoms with Gasteiger partial charge in [0, 0.05) is 33.2 Å². The molecule has 0 saturated heterocycles. The number of carbonyl (C=O) groups is 1. The predicted molar refractivity (Wildman–Crippen MR) is 86.0 cm³/mol. The van der Waals surface area contributed by atoms with Gasteiger partial charge in [0.2, 0.25) is 5.91 Å². The second-order valence-corrected chi connectivity index (χ2v) is 6.54. The Morgan fingerprint density at radius 3 is 2.67 bits per heavy atom. The van der Waals surface area contributed by atoms with Gasteiger partial charge in [-0.15, -0.1) is 0 Å². The van der Waals surface area contributed by atoms with Crippen LogP contribution in [-0.2, 0) is 9.53 Å². The maximum atomic E-state index is 11.9. The van der Waals surface area contributed by atoms with E-state index in [4.69, 9.17) is 4.74 Å². The molecule has 0 rings (SSSR count). The molecular weight excluding hydrogens is 268 g/mol. The third kappa shape index (κ3) is 12.4. The quantitative estimate of drug-likeness (QED) is 0.604. The third-order valence-corrected chi connectivity index (χ3v) is 2.84. The molecule has 0 fully saturated rings. The lowest BCUT2D eigenvalue weighted by Crippen LogP contribution is -2.32. The first kappa shape index (κ1) is 19.9. The Morgan fingerprint density at radius 2 is 2.10 bits per heavy atom. The summed E-state index contributed by atoms with van der Waals surface area (Å²) in [6.07, 6.45) is 4.49. The minimum Gasteiger partial charge on any atom is -0.389 e. The Bertz CT molecular complexity index is 311. The summed E-state index contributed by atoms with van der Waals surface area (Å²) in [5.74, 6) is 0.165. The van der Waals surface area contributed by atoms with Crippen molar-refractivity contribution in [1.29, 1.82) is 0 Å². The number of aliphatic hydroxyl groups excluding tert-OH is 1. The molecule has 0 spiro atoms. The summed E-state index contributed by atoms with van der Waals surface area (Å²) in [5.41, 5.74) is 0.0197. The number of allylic oxidation sites excluding steroid dienone is 1. The van der Waals surface area contributed by atoms with Crippen molar-refractivity contribution in [1.82, 2.24) is 10.2 Å². The van der Waals surface area contributed by atoms with Crippen LogP contribution in [0.5, 0.6) is 0 Å². The highest BCUT2D eigenvalue weighted by molar-refractivity contribution is 5.76. The van der Waals surface area contributed by atoms with Gasteiger partial charge >= 0.3 is 0 Å². The van der Waals surface area contributed by atoms with Gasteiger partial charge in [0.25, 0.3) is 0 Å². The molecule has 1 atom stereocenters. The molecule has 0 aliphatic heterocycles. The van der Waals surface area contributed by atoms with Gasteiger partial charge in [0.05, 0.1) is 12.7 Å². The monoisotopic (exact) mass is 300 g/mol. The second-order valence-electron chi connectivity index (χ2n) is 6.54. The number of rotatable bonds is 10. The second kappa shape index (κ2) is 10.6. The van der Waals surface area contributed by atoms with E-state index in [0.717, 1.165) is 6.42 Å². The number of hydrogen-bond acceptors (Lipinski definition) is 4. The van der Waals surface area contributed by atoms with Crippen LogP contribution in [-0.4, -0.2) is 55.4 Å². The average Bonchev–Trinajstić information content (AvgIpc) is 2.36. The van der Waals surface area contributed by atoms with Crippen molar-refractivity contribution >= 4 is 5.91 Å². The smallest absolute Gasteiger partial charge is 0.222 e. The van der Waals surface area contributed by atoms with Crippen LogP contribution in [0, 0.1) is 5.41 Å². The van der Waals surface area contributed by atoms with E-state index in [0.29, 0.717) is 32.7 Å². The molecule has 0 aliphatic carbocycles. The fourth-order valence-electron chi connectivity index (χ4n) is 1.72. The van der Waals surface area contributed by atoms with Crippen LogP contribution in [0.2, 0.25) is 0 Å². The van der Waals surface area contributed by atoms with E-state index >= 15 is 0 Å². The van der Waals surface area contributed by atoms with Crippen LogP contribution in [0.15, 0.2) is 12.3 Å². The van der Waals surface area contributed by atoms with E-state index in [-0.39, 0.29) is 11.3 Å². The number of carbonyl (C=O) groups excluding carboxylic acids is 1. The molecule has 0 bridgehead atoms. The standard InChI is InChI=1S/C16H32N2O3/c1-6-8-17-12-14(19)13-21-10-7-9-18(5)15(20)11-16(2,3)4/h6,8,14,17,19H,7,9-13H2,1-5H3. The van der Waals surface area contributed by atoms with Crippen molar-refractivity contribution in [3.05, 3.63) is 12.3 Å². The van der Waals surface area contributed by atoms with Gasteiger partial charge in [0.15, 0.2) is 0 Å². The Hall–Kier alpha value is -1.07. The van der Waals surface area contributed by atoms with Gasteiger partial charge in [-0.3, -0.25) is 4.79 Å². The molecule has 5 nitrogen and oxygen atoms in total. The molecule has 5 heteroatoms. The van der Waals surface area contributed by atoms with Crippen molar-refractivity contribution < 1.29 is 14.6 Å². The maximum Gasteiger partial charge on any atom is 0.222 e. The molecule has 0 aromatic rings. The molecule has 0 heterocycles. The fraction of sp³-hybridized carbons (Fsp3) is 0.812. The number of aliphatic hydroxyl groups is 1. The van der Waals surface area contributed by atoms with Gasteiger partial charge in [-0.1, -0.05) is 26.8 Å². The lowest BCUT2D eigenvalue weighted by atomic mass is 9.92. The highest BCUT2D eigenvalue weighted by Gasteiger charge is 2.18. The molecule has 0 aromatic carbocycles. The van der Waals surface area contributed by atoms with Gasteiger partial charge in [0.1, 0.15) is 0 Å². The molecule has 21 heavy (non-hydrogen) atoms. The number of hydrogen-bond donors (Lipinski definition) is 2. The Labute approximate surface area is 129 Å². The molecule has 0 saturated carbocycles. The first-order chi connectivity index (χ1) is 9.76. The van der Waals surface area contributed by atoms with Gasteiger partial charge in [-0.2, -0.15) is 0 Å². The highest BCUT2D eigenvalue weighted by Crippen LogP contribution is 2.19. The van der Waals surface area contributed by atoms with Crippen molar-refractivity contribution in [3.63, 3.8) is 0 Å². The molecule has 0 aromatic heterocycles. The van der Waals surface area contributed by atoms with Gasteiger partial charge < -0.3 is 20.1 Å². The number of ether oxygens (including phenoxy) is 1. The lowest BCUT2D eigenvalue weighted by molar-refractivity contribution is -0.131. The summed E-state index contributed by atoms with van der Waals surface area (Å²) in [4.78, 5) is 13.7. The first-order valence-electron chi connectivity index (χ1n) is 7.60. The SMILES string of the molecule is CC=CNCC(O)COCCCN(C)C(=O)CC(C)(C)C. The largest absolute Gasteiger partial charge is 0.389 e. The van der Waals surface area contributed by atoms with Crippen LogP contribution in [0.25, 0.3) is 0 Å². The molecule has 1 amide bonds. The topological polar surface area (TPSA) is 61.8 Å². The third-order valence-electron chi connectivity index (χ3n) is 2.84. The van der Waals surface area contributed by atoms with Crippen LogP contribution < -0.4 is 5.32 Å². The van der Waals surface area contributed by atoms with Gasteiger partial charge in [-0.05, 0) is 25.0 Å². The van der Waals surface area contributed by atoms with E-state index in [1.165, 1.54) is 0 Å². The Kier molecular flexibility index (Phi) is 10.1. The Balaban J connectivity index is 3.64. The summed E-state index contributed by atoms with van der Waals surface area (Å²) >= 11 is 0. The van der Waals surface area contributed by atoms with E-state index in [1.54, 1.807) is 11.1 Å². The molecule has 1 unspecified atom stereocenters. The van der Waals surface area contributed by atoms with Crippen LogP contribution >= 0.6 is 0 Å². The molecule has 0 radical (unpaired) electrons. The number of nitrogens with one attached hydrogen (secondary N) is 1. The van der Waals surface area contributed by atoms with E-state index in [9.17, 15) is 9.90 Å². The molecule has 0 aliphatic rings. The highest BCUT2D eigenvalue weighted by atomic mass is 16.5. The Morgan fingerprint density at radius 1 is 1.43 bits per heavy atom. The number of amides is 1. The molecular formula is C16H32N2O3. The van der Waals surface area contributed by atoms with Gasteiger partial charge in [-0.25, -0.2) is 0 Å². The predicted octanol–water partition coefficient (Wildman–Crippen LogP) is 1.77. The van der Waals surface area contributed by atoms with Crippen LogP contribution in [0.1, 0.15) is 40.5 Å². The zero-order valence-corrected chi connectivity index (χ0v) is 14.2. The minimum atomic E-state index is -0.513. The number of nitrogens with zero attached hydrogens (tertiary/aromatic N) is 1. The lowest BCUT2D eigenvalue weighted by Gasteiger charge is -2.23. The van der Waals surface area contributed by atoms with Crippen molar-refractivity contribution in [3.8, 4) is 0 Å². The summed E-state index contributed by atoms with van der Waals surface area (Å²) in [6, 6.07) is 0. The van der Waals surface area contributed by atoms with E-state index in [2.05, 4.69) is 26.1 Å². The van der Waals surface area contributed by atoms with Crippen LogP contribution in [0.3, 0.4) is 0 Å². The fourth-order valence-corrected chi connectivity index (χ4v) is 1.72. The summed E-state index contributed by atoms with van der Waals surface area (Å²) < 4.78 is 5.41. The average molecular weight is 300 g/mol. The summed E-state index contributed by atoms with van der Waals surface area (Å²) in [6.45, 7) is 10.1. The van der Waals surface area contributed by atoms with Crippen molar-refractivity contribution in [2.24, 2.45) is 5.41 Å². The zero-order valence-electron chi connectivity index (χ0n) is 14.2. The first-order valence-corrected chi connectivity index (χ1v) is 7.60. The molecule has 124 valence electrons. The zero-order chi connectivity index (χ0) is 16.3. The summed E-state index contributed by atoms with van der Waals surface area (Å²) in [7, 11) is 1.82. The minimum absolute atomic E-state index is 0.0197. The summed E-state index contributed by atoms with van der Waals surface area (Å²) in [5, 5.41) is 12.6. The normalized spacial score (nSPS) is 13.4. The maximum absolute atomic E-state index is 11.9. The van der Waals surface area contributed by atoms with E-state index in [1.807, 2.05) is 20.0 Å².